The van der Waals surface area contributed by atoms with Crippen LogP contribution in [0.2, 0.25) is 10.0 Å². The van der Waals surface area contributed by atoms with Gasteiger partial charge in [0.15, 0.2) is 5.75 Å². The van der Waals surface area contributed by atoms with Crippen molar-refractivity contribution in [1.82, 2.24) is 20.5 Å². The number of carbonyl (C=O) groups excluding carboxylic acids is 4. The first-order valence-corrected chi connectivity index (χ1v) is 12.0. The molecule has 11 nitrogen and oxygen atoms in total. The van der Waals surface area contributed by atoms with E-state index in [0.29, 0.717) is 24.7 Å². The van der Waals surface area contributed by atoms with Gasteiger partial charge in [0.05, 0.1) is 22.5 Å². The van der Waals surface area contributed by atoms with E-state index < -0.39 is 48.2 Å². The quantitative estimate of drug-likeness (QED) is 0.323. The van der Waals surface area contributed by atoms with Crippen LogP contribution in [-0.4, -0.2) is 74.7 Å². The normalized spacial score (nSPS) is 16.5. The van der Waals surface area contributed by atoms with E-state index in [0.717, 1.165) is 0 Å². The van der Waals surface area contributed by atoms with Gasteiger partial charge in [-0.25, -0.2) is 0 Å². The molecule has 1 aromatic carbocycles. The molecule has 0 bridgehead atoms. The van der Waals surface area contributed by atoms with Gasteiger partial charge in [-0.1, -0.05) is 29.3 Å². The zero-order chi connectivity index (χ0) is 27.1. The van der Waals surface area contributed by atoms with E-state index in [9.17, 15) is 29.1 Å². The highest BCUT2D eigenvalue weighted by molar-refractivity contribution is 6.37. The largest absolute Gasteiger partial charge is 0.505 e. The average molecular weight is 551 g/mol. The minimum absolute atomic E-state index is 0.00926. The van der Waals surface area contributed by atoms with Crippen molar-refractivity contribution in [2.75, 3.05) is 6.54 Å². The zero-order valence-electron chi connectivity index (χ0n) is 19.4. The Hall–Kier alpha value is -3.70. The molecule has 1 aromatic heterocycles. The lowest BCUT2D eigenvalue weighted by atomic mass is 10.0. The third-order valence-electron chi connectivity index (χ3n) is 5.77. The van der Waals surface area contributed by atoms with Crippen molar-refractivity contribution < 1.29 is 34.2 Å². The second-order valence-corrected chi connectivity index (χ2v) is 9.23. The van der Waals surface area contributed by atoms with Crippen LogP contribution < -0.4 is 10.6 Å². The van der Waals surface area contributed by atoms with Crippen molar-refractivity contribution in [1.29, 1.82) is 0 Å². The van der Waals surface area contributed by atoms with Crippen LogP contribution in [0.5, 0.6) is 5.75 Å². The van der Waals surface area contributed by atoms with Crippen LogP contribution in [0.25, 0.3) is 0 Å². The number of nitrogens with zero attached hydrogens (tertiary/aromatic N) is 2. The lowest BCUT2D eigenvalue weighted by Crippen LogP contribution is -2.55. The van der Waals surface area contributed by atoms with E-state index in [2.05, 4.69) is 15.6 Å². The second kappa shape index (κ2) is 12.5. The van der Waals surface area contributed by atoms with Crippen molar-refractivity contribution in [2.45, 2.75) is 43.8 Å². The van der Waals surface area contributed by atoms with E-state index in [-0.39, 0.29) is 34.3 Å². The topological polar surface area (TPSA) is 166 Å². The van der Waals surface area contributed by atoms with Crippen molar-refractivity contribution in [3.63, 3.8) is 0 Å². The highest BCUT2D eigenvalue weighted by atomic mass is 35.5. The summed E-state index contributed by atoms with van der Waals surface area (Å²) in [6.07, 6.45) is 3.67. The zero-order valence-corrected chi connectivity index (χ0v) is 20.9. The fourth-order valence-electron chi connectivity index (χ4n) is 4.00. The number of carbonyl (C=O) groups is 5. The molecule has 2 aromatic rings. The maximum atomic E-state index is 13.6. The first kappa shape index (κ1) is 27.9. The monoisotopic (exact) mass is 550 g/mol. The van der Waals surface area contributed by atoms with Gasteiger partial charge in [0.2, 0.25) is 11.8 Å². The van der Waals surface area contributed by atoms with Crippen LogP contribution in [0.1, 0.15) is 35.2 Å². The summed E-state index contributed by atoms with van der Waals surface area (Å²) in [4.78, 5) is 66.9. The van der Waals surface area contributed by atoms with Gasteiger partial charge in [-0.05, 0) is 36.6 Å². The predicted octanol–water partition coefficient (Wildman–Crippen LogP) is 1.58. The van der Waals surface area contributed by atoms with Gasteiger partial charge in [-0.15, -0.1) is 0 Å². The smallest absolute Gasteiger partial charge is 0.305 e. The standard InChI is InChI=1S/C24H24Cl2N4O7/c25-16-8-14(9-17(26)21(16)34)22(35)29-18(7-13-3-1-5-27-11-13)24(37)30-6-2-4-19(30)23(36)28-15(12-31)10-20(32)33/h1,3,5,8-9,11-12,15,18-19,34H,2,4,6-7,10H2,(H,28,36)(H,29,35)(H,32,33). The molecule has 196 valence electrons. The number of aliphatic carboxylic acids is 1. The van der Waals surface area contributed by atoms with E-state index in [1.807, 2.05) is 0 Å². The molecule has 13 heteroatoms. The summed E-state index contributed by atoms with van der Waals surface area (Å²) < 4.78 is 0. The molecule has 0 aliphatic carbocycles. The number of amides is 3. The summed E-state index contributed by atoms with van der Waals surface area (Å²) in [5, 5.41) is 23.4. The van der Waals surface area contributed by atoms with E-state index in [1.165, 1.54) is 23.2 Å². The fourth-order valence-corrected chi connectivity index (χ4v) is 4.48. The molecule has 1 aliphatic heterocycles. The van der Waals surface area contributed by atoms with Crippen LogP contribution in [0, 0.1) is 0 Å². The average Bonchev–Trinajstić information content (AvgIpc) is 3.36. The van der Waals surface area contributed by atoms with Gasteiger partial charge in [0, 0.05) is 30.9 Å². The van der Waals surface area contributed by atoms with Gasteiger partial charge in [0.1, 0.15) is 18.4 Å². The number of aromatic hydroxyl groups is 1. The number of phenols is 1. The maximum absolute atomic E-state index is 13.6. The van der Waals surface area contributed by atoms with Crippen molar-refractivity contribution in [3.05, 3.63) is 57.8 Å². The predicted molar refractivity (Wildman–Crippen MR) is 132 cm³/mol. The Kier molecular flexibility index (Phi) is 9.42. The molecule has 4 N–H and O–H groups in total. The SMILES string of the molecule is O=CC(CC(=O)O)NC(=O)C1CCCN1C(=O)C(Cc1cccnc1)NC(=O)c1cc(Cl)c(O)c(Cl)c1. The number of aromatic nitrogens is 1. The minimum Gasteiger partial charge on any atom is -0.505 e. The number of phenolic OH excluding ortho intramolecular Hbond substituents is 1. The van der Waals surface area contributed by atoms with E-state index in [4.69, 9.17) is 28.3 Å². The summed E-state index contributed by atoms with van der Waals surface area (Å²) in [5.74, 6) is -3.54. The number of hydrogen-bond acceptors (Lipinski definition) is 7. The molecule has 0 radical (unpaired) electrons. The Bertz CT molecular complexity index is 1170. The number of carboxylic acids is 1. The highest BCUT2D eigenvalue weighted by Gasteiger charge is 2.38. The van der Waals surface area contributed by atoms with E-state index >= 15 is 0 Å². The molecule has 0 spiro atoms. The third kappa shape index (κ3) is 7.17. The number of benzene rings is 1. The third-order valence-corrected chi connectivity index (χ3v) is 6.35. The summed E-state index contributed by atoms with van der Waals surface area (Å²) in [7, 11) is 0. The lowest BCUT2D eigenvalue weighted by Gasteiger charge is -2.29. The number of rotatable bonds is 10. The molecule has 0 saturated carbocycles. The Balaban J connectivity index is 1.83. The van der Waals surface area contributed by atoms with Gasteiger partial charge < -0.3 is 30.5 Å². The molecule has 2 heterocycles. The molecule has 3 rings (SSSR count). The Morgan fingerprint density at radius 1 is 1.19 bits per heavy atom. The molecule has 3 unspecified atom stereocenters. The van der Waals surface area contributed by atoms with Crippen LogP contribution in [0.4, 0.5) is 0 Å². The summed E-state index contributed by atoms with van der Waals surface area (Å²) in [5.41, 5.74) is 0.653. The second-order valence-electron chi connectivity index (χ2n) is 8.42. The fraction of sp³-hybridized carbons (Fsp3) is 0.333. The molecule has 1 fully saturated rings. The van der Waals surface area contributed by atoms with Gasteiger partial charge in [0.25, 0.3) is 5.91 Å². The lowest BCUT2D eigenvalue weighted by molar-refractivity contribution is -0.142. The van der Waals surface area contributed by atoms with Crippen LogP contribution in [0.3, 0.4) is 0 Å². The maximum Gasteiger partial charge on any atom is 0.305 e. The Labute approximate surface area is 221 Å². The first-order valence-electron chi connectivity index (χ1n) is 11.3. The van der Waals surface area contributed by atoms with Gasteiger partial charge in [-0.3, -0.25) is 24.2 Å². The highest BCUT2D eigenvalue weighted by Crippen LogP contribution is 2.32. The number of likely N-dealkylation sites (tertiary alicyclic amines) is 1. The Morgan fingerprint density at radius 3 is 2.49 bits per heavy atom. The summed E-state index contributed by atoms with van der Waals surface area (Å²) >= 11 is 11.9. The molecule has 3 atom stereocenters. The molecule has 1 aliphatic rings. The minimum atomic E-state index is -1.26. The number of nitrogens with one attached hydrogen (secondary N) is 2. The summed E-state index contributed by atoms with van der Waals surface area (Å²) in [6.45, 7) is 0.220. The van der Waals surface area contributed by atoms with Gasteiger partial charge >= 0.3 is 5.97 Å². The number of aldehydes is 1. The molecule has 37 heavy (non-hydrogen) atoms. The number of halogens is 2. The molecular weight excluding hydrogens is 527 g/mol. The Morgan fingerprint density at radius 2 is 1.89 bits per heavy atom. The van der Waals surface area contributed by atoms with E-state index in [1.54, 1.807) is 18.3 Å². The van der Waals surface area contributed by atoms with Crippen molar-refractivity contribution in [2.24, 2.45) is 0 Å². The van der Waals surface area contributed by atoms with Gasteiger partial charge in [-0.2, -0.15) is 0 Å². The van der Waals surface area contributed by atoms with Crippen LogP contribution in [-0.2, 0) is 25.6 Å². The molecule has 3 amide bonds. The van der Waals surface area contributed by atoms with Crippen molar-refractivity contribution >= 4 is 53.2 Å². The first-order chi connectivity index (χ1) is 17.6. The molecular formula is C24H24Cl2N4O7. The number of hydrogen-bond donors (Lipinski definition) is 4. The van der Waals surface area contributed by atoms with Crippen LogP contribution in [0.15, 0.2) is 36.7 Å². The molecule has 1 saturated heterocycles. The number of carboxylic acid groups (broad SMARTS) is 1. The number of pyridine rings is 1. The summed E-state index contributed by atoms with van der Waals surface area (Å²) in [6, 6.07) is 2.51. The van der Waals surface area contributed by atoms with Crippen LogP contribution >= 0.6 is 23.2 Å². The van der Waals surface area contributed by atoms with Crippen molar-refractivity contribution in [3.8, 4) is 5.75 Å².